The first-order valence-electron chi connectivity index (χ1n) is 6.72. The van der Waals surface area contributed by atoms with E-state index in [4.69, 9.17) is 9.31 Å². The summed E-state index contributed by atoms with van der Waals surface area (Å²) in [5.74, 6) is 1.09. The van der Waals surface area contributed by atoms with Crippen LogP contribution in [0.1, 0.15) is 47.4 Å². The molecule has 0 aliphatic carbocycles. The van der Waals surface area contributed by atoms with Crippen molar-refractivity contribution in [2.75, 3.05) is 0 Å². The molecule has 0 spiro atoms. The maximum atomic E-state index is 6.01. The van der Waals surface area contributed by atoms with E-state index in [1.54, 1.807) is 0 Å². The number of hydrogen-bond acceptors (Lipinski definition) is 3. The van der Waals surface area contributed by atoms with Crippen molar-refractivity contribution in [2.45, 2.75) is 65.7 Å². The van der Waals surface area contributed by atoms with Gasteiger partial charge in [0.05, 0.1) is 16.8 Å². The van der Waals surface area contributed by atoms with E-state index in [2.05, 4.69) is 51.1 Å². The average molecular weight is 250 g/mol. The molecule has 1 aromatic heterocycles. The molecule has 1 aliphatic rings. The van der Waals surface area contributed by atoms with Gasteiger partial charge in [-0.15, -0.1) is 0 Å². The van der Waals surface area contributed by atoms with Crippen molar-refractivity contribution >= 4 is 12.7 Å². The highest BCUT2D eigenvalue weighted by Crippen LogP contribution is 2.36. The Balaban J connectivity index is 2.27. The zero-order valence-electron chi connectivity index (χ0n) is 12.3. The molecule has 0 radical (unpaired) electrons. The summed E-state index contributed by atoms with van der Waals surface area (Å²) in [5.41, 5.74) is 0.271. The molecular formula is C13H23BN2O2. The van der Waals surface area contributed by atoms with Crippen molar-refractivity contribution in [1.82, 2.24) is 9.55 Å². The van der Waals surface area contributed by atoms with Gasteiger partial charge in [0.25, 0.3) is 0 Å². The lowest BCUT2D eigenvalue weighted by Gasteiger charge is -2.32. The molecule has 5 heteroatoms. The highest BCUT2D eigenvalue weighted by atomic mass is 16.7. The van der Waals surface area contributed by atoms with Crippen LogP contribution in [-0.4, -0.2) is 27.9 Å². The van der Waals surface area contributed by atoms with Crippen molar-refractivity contribution in [3.8, 4) is 0 Å². The van der Waals surface area contributed by atoms with Crippen LogP contribution in [0.5, 0.6) is 0 Å². The molecule has 0 unspecified atom stereocenters. The predicted molar refractivity (Wildman–Crippen MR) is 73.0 cm³/mol. The SMILES string of the molecule is CCc1nc(B2OC(C)(C)C(C)(C)O2)cn1CC. The van der Waals surface area contributed by atoms with Crippen LogP contribution in [0.3, 0.4) is 0 Å². The highest BCUT2D eigenvalue weighted by Gasteiger charge is 2.52. The van der Waals surface area contributed by atoms with Gasteiger partial charge in [0.15, 0.2) is 0 Å². The Bertz CT molecular complexity index is 403. The van der Waals surface area contributed by atoms with Crippen molar-refractivity contribution in [2.24, 2.45) is 0 Å². The minimum atomic E-state index is -0.354. The number of nitrogens with zero attached hydrogens (tertiary/aromatic N) is 2. The van der Waals surface area contributed by atoms with Crippen LogP contribution >= 0.6 is 0 Å². The van der Waals surface area contributed by atoms with Gasteiger partial charge < -0.3 is 13.9 Å². The summed E-state index contributed by atoms with van der Waals surface area (Å²) >= 11 is 0. The van der Waals surface area contributed by atoms with E-state index in [1.807, 2.05) is 6.20 Å². The summed E-state index contributed by atoms with van der Waals surface area (Å²) in [6.45, 7) is 13.4. The number of rotatable bonds is 3. The summed E-state index contributed by atoms with van der Waals surface area (Å²) in [5, 5.41) is 0. The van der Waals surface area contributed by atoms with E-state index in [0.717, 1.165) is 24.4 Å². The van der Waals surface area contributed by atoms with Crippen LogP contribution in [0.2, 0.25) is 0 Å². The Morgan fingerprint density at radius 1 is 1.17 bits per heavy atom. The largest absolute Gasteiger partial charge is 0.516 e. The minimum Gasteiger partial charge on any atom is -0.398 e. The van der Waals surface area contributed by atoms with Crippen LogP contribution in [0.25, 0.3) is 0 Å². The topological polar surface area (TPSA) is 36.3 Å². The van der Waals surface area contributed by atoms with E-state index < -0.39 is 0 Å². The Morgan fingerprint density at radius 3 is 2.11 bits per heavy atom. The second kappa shape index (κ2) is 4.39. The third-order valence-corrected chi connectivity index (χ3v) is 4.03. The summed E-state index contributed by atoms with van der Waals surface area (Å²) in [6.07, 6.45) is 2.97. The number of imidazole rings is 1. The lowest BCUT2D eigenvalue weighted by molar-refractivity contribution is 0.00578. The van der Waals surface area contributed by atoms with Crippen molar-refractivity contribution in [3.63, 3.8) is 0 Å². The zero-order valence-corrected chi connectivity index (χ0v) is 12.3. The fraction of sp³-hybridized carbons (Fsp3) is 0.769. The van der Waals surface area contributed by atoms with Crippen LogP contribution < -0.4 is 5.59 Å². The lowest BCUT2D eigenvalue weighted by atomic mass is 9.86. The summed E-state index contributed by atoms with van der Waals surface area (Å²) < 4.78 is 14.2. The molecule has 0 amide bonds. The standard InChI is InChI=1S/C13H23BN2O2/c1-7-11-15-10(9-16(11)8-2)14-17-12(3,4)13(5,6)18-14/h9H,7-8H2,1-6H3. The van der Waals surface area contributed by atoms with E-state index in [0.29, 0.717) is 0 Å². The first-order valence-corrected chi connectivity index (χ1v) is 6.72. The maximum absolute atomic E-state index is 6.01. The van der Waals surface area contributed by atoms with E-state index in [-0.39, 0.29) is 18.3 Å². The van der Waals surface area contributed by atoms with Gasteiger partial charge in [-0.3, -0.25) is 0 Å². The maximum Gasteiger partial charge on any atom is 0.516 e. The molecule has 4 nitrogen and oxygen atoms in total. The lowest BCUT2D eigenvalue weighted by Crippen LogP contribution is -2.41. The Labute approximate surface area is 110 Å². The number of aryl methyl sites for hydroxylation is 2. The fourth-order valence-corrected chi connectivity index (χ4v) is 2.11. The minimum absolute atomic E-state index is 0.306. The summed E-state index contributed by atoms with van der Waals surface area (Å²) in [4.78, 5) is 4.63. The normalized spacial score (nSPS) is 21.6. The molecule has 2 rings (SSSR count). The van der Waals surface area contributed by atoms with E-state index in [9.17, 15) is 0 Å². The Hall–Kier alpha value is -0.805. The molecule has 0 saturated carbocycles. The van der Waals surface area contributed by atoms with Crippen molar-refractivity contribution in [1.29, 1.82) is 0 Å². The average Bonchev–Trinajstić information content (AvgIpc) is 2.78. The summed E-state index contributed by atoms with van der Waals surface area (Å²) in [7, 11) is -0.354. The smallest absolute Gasteiger partial charge is 0.398 e. The second-order valence-electron chi connectivity index (χ2n) is 5.81. The van der Waals surface area contributed by atoms with E-state index in [1.165, 1.54) is 0 Å². The molecule has 0 bridgehead atoms. The first-order chi connectivity index (χ1) is 8.30. The molecule has 100 valence electrons. The van der Waals surface area contributed by atoms with Gasteiger partial charge in [-0.05, 0) is 34.6 Å². The van der Waals surface area contributed by atoms with Gasteiger partial charge in [-0.25, -0.2) is 4.98 Å². The van der Waals surface area contributed by atoms with Gasteiger partial charge in [0.1, 0.15) is 5.82 Å². The predicted octanol–water partition coefficient (Wildman–Crippen LogP) is 1.76. The van der Waals surface area contributed by atoms with Crippen LogP contribution in [0, 0.1) is 0 Å². The molecule has 1 fully saturated rings. The second-order valence-corrected chi connectivity index (χ2v) is 5.81. The van der Waals surface area contributed by atoms with Gasteiger partial charge in [0, 0.05) is 19.2 Å². The third kappa shape index (κ3) is 2.10. The monoisotopic (exact) mass is 250 g/mol. The van der Waals surface area contributed by atoms with Gasteiger partial charge >= 0.3 is 7.12 Å². The highest BCUT2D eigenvalue weighted by molar-refractivity contribution is 6.61. The molecule has 1 aliphatic heterocycles. The number of hydrogen-bond donors (Lipinski definition) is 0. The van der Waals surface area contributed by atoms with Gasteiger partial charge in [0.2, 0.25) is 0 Å². The van der Waals surface area contributed by atoms with Crippen LogP contribution in [0.4, 0.5) is 0 Å². The first kappa shape index (κ1) is 13.6. The van der Waals surface area contributed by atoms with Crippen molar-refractivity contribution in [3.05, 3.63) is 12.0 Å². The van der Waals surface area contributed by atoms with E-state index >= 15 is 0 Å². The molecular weight excluding hydrogens is 227 g/mol. The van der Waals surface area contributed by atoms with Crippen molar-refractivity contribution < 1.29 is 9.31 Å². The molecule has 0 aromatic carbocycles. The molecule has 0 N–H and O–H groups in total. The van der Waals surface area contributed by atoms with Gasteiger partial charge in [-0.2, -0.15) is 0 Å². The quantitative estimate of drug-likeness (QED) is 0.767. The molecule has 1 saturated heterocycles. The molecule has 1 aromatic rings. The molecule has 18 heavy (non-hydrogen) atoms. The molecule has 2 heterocycles. The fourth-order valence-electron chi connectivity index (χ4n) is 2.11. The van der Waals surface area contributed by atoms with Gasteiger partial charge in [-0.1, -0.05) is 6.92 Å². The Kier molecular flexibility index (Phi) is 3.32. The third-order valence-electron chi connectivity index (χ3n) is 4.03. The Morgan fingerprint density at radius 2 is 1.72 bits per heavy atom. The number of aromatic nitrogens is 2. The van der Waals surface area contributed by atoms with Crippen LogP contribution in [0.15, 0.2) is 6.20 Å². The van der Waals surface area contributed by atoms with Crippen LogP contribution in [-0.2, 0) is 22.3 Å². The molecule has 0 atom stereocenters. The zero-order chi connectivity index (χ0) is 13.6. The summed E-state index contributed by atoms with van der Waals surface area (Å²) in [6, 6.07) is 0.